The van der Waals surface area contributed by atoms with Crippen molar-refractivity contribution >= 4 is 5.91 Å². The fraction of sp³-hybridized carbons (Fsp3) is 0.316. The summed E-state index contributed by atoms with van der Waals surface area (Å²) in [5.41, 5.74) is 2.99. The SMILES string of the molecule is Cc1ccc(CCC(=O)NCCC(O)c2ccc(F)cc2)cc1. The molecule has 2 aromatic carbocycles. The Hall–Kier alpha value is -2.20. The normalized spacial score (nSPS) is 12.0. The highest BCUT2D eigenvalue weighted by Crippen LogP contribution is 2.16. The van der Waals surface area contributed by atoms with Crippen molar-refractivity contribution in [3.63, 3.8) is 0 Å². The monoisotopic (exact) mass is 315 g/mol. The Kier molecular flexibility index (Phi) is 6.29. The summed E-state index contributed by atoms with van der Waals surface area (Å²) in [6, 6.07) is 13.9. The van der Waals surface area contributed by atoms with Crippen molar-refractivity contribution in [1.82, 2.24) is 5.32 Å². The predicted octanol–water partition coefficient (Wildman–Crippen LogP) is 3.31. The molecule has 2 aromatic rings. The number of benzene rings is 2. The van der Waals surface area contributed by atoms with E-state index in [1.54, 1.807) is 12.1 Å². The van der Waals surface area contributed by atoms with Crippen LogP contribution in [0.4, 0.5) is 4.39 Å². The number of rotatable bonds is 7. The molecule has 0 saturated heterocycles. The van der Waals surface area contributed by atoms with Crippen LogP contribution in [0.15, 0.2) is 48.5 Å². The van der Waals surface area contributed by atoms with Crippen LogP contribution >= 0.6 is 0 Å². The summed E-state index contributed by atoms with van der Waals surface area (Å²) in [7, 11) is 0. The average molecular weight is 315 g/mol. The fourth-order valence-corrected chi connectivity index (χ4v) is 2.30. The Morgan fingerprint density at radius 3 is 2.43 bits per heavy atom. The van der Waals surface area contributed by atoms with E-state index in [0.717, 1.165) is 5.56 Å². The number of aliphatic hydroxyl groups excluding tert-OH is 1. The summed E-state index contributed by atoms with van der Waals surface area (Å²) in [4.78, 5) is 11.8. The van der Waals surface area contributed by atoms with Crippen LogP contribution in [0.5, 0.6) is 0 Å². The van der Waals surface area contributed by atoms with Crippen LogP contribution in [-0.4, -0.2) is 17.6 Å². The first-order valence-electron chi connectivity index (χ1n) is 7.80. The summed E-state index contributed by atoms with van der Waals surface area (Å²) in [5, 5.41) is 12.8. The number of carbonyl (C=O) groups excluding carboxylic acids is 1. The maximum atomic E-state index is 12.8. The summed E-state index contributed by atoms with van der Waals surface area (Å²) in [6.45, 7) is 2.42. The number of halogens is 1. The molecule has 0 aliphatic rings. The first-order chi connectivity index (χ1) is 11.0. The van der Waals surface area contributed by atoms with Crippen LogP contribution in [-0.2, 0) is 11.2 Å². The van der Waals surface area contributed by atoms with Crippen molar-refractivity contribution < 1.29 is 14.3 Å². The molecule has 0 saturated carbocycles. The lowest BCUT2D eigenvalue weighted by atomic mass is 10.1. The molecular formula is C19H22FNO2. The van der Waals surface area contributed by atoms with E-state index < -0.39 is 6.10 Å². The van der Waals surface area contributed by atoms with Gasteiger partial charge in [0.1, 0.15) is 5.82 Å². The Morgan fingerprint density at radius 1 is 1.13 bits per heavy atom. The van der Waals surface area contributed by atoms with Crippen molar-refractivity contribution in [2.75, 3.05) is 6.54 Å². The van der Waals surface area contributed by atoms with E-state index in [9.17, 15) is 14.3 Å². The standard InChI is InChI=1S/C19H22FNO2/c1-14-2-4-15(5-3-14)6-11-19(23)21-13-12-18(22)16-7-9-17(20)10-8-16/h2-5,7-10,18,22H,6,11-13H2,1H3,(H,21,23). The van der Waals surface area contributed by atoms with Gasteiger partial charge in [0.15, 0.2) is 0 Å². The summed E-state index contributed by atoms with van der Waals surface area (Å²) in [5.74, 6) is -0.359. The Morgan fingerprint density at radius 2 is 1.78 bits per heavy atom. The van der Waals surface area contributed by atoms with Gasteiger partial charge in [-0.3, -0.25) is 4.79 Å². The van der Waals surface area contributed by atoms with Crippen molar-refractivity contribution in [1.29, 1.82) is 0 Å². The molecular weight excluding hydrogens is 293 g/mol. The van der Waals surface area contributed by atoms with Crippen molar-refractivity contribution in [2.45, 2.75) is 32.3 Å². The lowest BCUT2D eigenvalue weighted by Crippen LogP contribution is -2.25. The third kappa shape index (κ3) is 5.83. The van der Waals surface area contributed by atoms with Crippen LogP contribution < -0.4 is 5.32 Å². The van der Waals surface area contributed by atoms with E-state index in [2.05, 4.69) is 5.32 Å². The molecule has 0 aliphatic heterocycles. The number of hydrogen-bond donors (Lipinski definition) is 2. The molecule has 2 rings (SSSR count). The minimum atomic E-state index is -0.701. The smallest absolute Gasteiger partial charge is 0.220 e. The highest BCUT2D eigenvalue weighted by atomic mass is 19.1. The molecule has 4 heteroatoms. The zero-order valence-electron chi connectivity index (χ0n) is 13.3. The Labute approximate surface area is 136 Å². The number of nitrogens with one attached hydrogen (secondary N) is 1. The fourth-order valence-electron chi connectivity index (χ4n) is 2.30. The number of aliphatic hydroxyl groups is 1. The topological polar surface area (TPSA) is 49.3 Å². The van der Waals surface area contributed by atoms with Crippen LogP contribution in [0.25, 0.3) is 0 Å². The predicted molar refractivity (Wildman–Crippen MR) is 88.5 cm³/mol. The van der Waals surface area contributed by atoms with E-state index in [1.807, 2.05) is 31.2 Å². The average Bonchev–Trinajstić information content (AvgIpc) is 2.55. The molecule has 0 aliphatic carbocycles. The zero-order valence-corrected chi connectivity index (χ0v) is 13.3. The second-order valence-corrected chi connectivity index (χ2v) is 5.69. The maximum Gasteiger partial charge on any atom is 0.220 e. The molecule has 3 nitrogen and oxygen atoms in total. The third-order valence-corrected chi connectivity index (χ3v) is 3.76. The number of aryl methyl sites for hydroxylation is 2. The van der Waals surface area contributed by atoms with E-state index in [1.165, 1.54) is 17.7 Å². The highest BCUT2D eigenvalue weighted by molar-refractivity contribution is 5.76. The van der Waals surface area contributed by atoms with Crippen LogP contribution in [0.2, 0.25) is 0 Å². The number of hydrogen-bond acceptors (Lipinski definition) is 2. The van der Waals surface area contributed by atoms with Gasteiger partial charge in [-0.1, -0.05) is 42.0 Å². The second kappa shape index (κ2) is 8.44. The molecule has 0 fully saturated rings. The second-order valence-electron chi connectivity index (χ2n) is 5.69. The van der Waals surface area contributed by atoms with Gasteiger partial charge in [-0.25, -0.2) is 4.39 Å². The van der Waals surface area contributed by atoms with Crippen LogP contribution in [0.1, 0.15) is 35.6 Å². The number of amides is 1. The lowest BCUT2D eigenvalue weighted by molar-refractivity contribution is -0.121. The summed E-state index contributed by atoms with van der Waals surface area (Å²) < 4.78 is 12.8. The van der Waals surface area contributed by atoms with Crippen molar-refractivity contribution in [3.05, 3.63) is 71.0 Å². The van der Waals surface area contributed by atoms with Gasteiger partial charge in [-0.2, -0.15) is 0 Å². The molecule has 23 heavy (non-hydrogen) atoms. The van der Waals surface area contributed by atoms with E-state index in [0.29, 0.717) is 31.4 Å². The van der Waals surface area contributed by atoms with Gasteiger partial charge in [0, 0.05) is 13.0 Å². The first-order valence-corrected chi connectivity index (χ1v) is 7.80. The van der Waals surface area contributed by atoms with Gasteiger partial charge >= 0.3 is 0 Å². The maximum absolute atomic E-state index is 12.8. The third-order valence-electron chi connectivity index (χ3n) is 3.76. The molecule has 0 bridgehead atoms. The van der Waals surface area contributed by atoms with E-state index in [-0.39, 0.29) is 11.7 Å². The summed E-state index contributed by atoms with van der Waals surface area (Å²) >= 11 is 0. The quantitative estimate of drug-likeness (QED) is 0.823. The minimum Gasteiger partial charge on any atom is -0.388 e. The Balaban J connectivity index is 1.68. The molecule has 0 spiro atoms. The van der Waals surface area contributed by atoms with E-state index in [4.69, 9.17) is 0 Å². The molecule has 122 valence electrons. The largest absolute Gasteiger partial charge is 0.388 e. The van der Waals surface area contributed by atoms with Crippen molar-refractivity contribution in [3.8, 4) is 0 Å². The van der Waals surface area contributed by atoms with Gasteiger partial charge in [0.25, 0.3) is 0 Å². The van der Waals surface area contributed by atoms with Gasteiger partial charge in [0.2, 0.25) is 5.91 Å². The molecule has 2 N–H and O–H groups in total. The van der Waals surface area contributed by atoms with Gasteiger partial charge in [-0.05, 0) is 43.0 Å². The molecule has 1 unspecified atom stereocenters. The van der Waals surface area contributed by atoms with Gasteiger partial charge in [-0.15, -0.1) is 0 Å². The molecule has 1 atom stereocenters. The van der Waals surface area contributed by atoms with E-state index >= 15 is 0 Å². The first kappa shape index (κ1) is 17.2. The zero-order chi connectivity index (χ0) is 16.7. The minimum absolute atomic E-state index is 0.0307. The van der Waals surface area contributed by atoms with Gasteiger partial charge in [0.05, 0.1) is 6.10 Å². The molecule has 1 amide bonds. The summed E-state index contributed by atoms with van der Waals surface area (Å²) in [6.07, 6.45) is 0.831. The molecule has 0 radical (unpaired) electrons. The van der Waals surface area contributed by atoms with Crippen molar-refractivity contribution in [2.24, 2.45) is 0 Å². The Bertz CT molecular complexity index is 623. The molecule has 0 heterocycles. The van der Waals surface area contributed by atoms with Crippen LogP contribution in [0, 0.1) is 12.7 Å². The lowest BCUT2D eigenvalue weighted by Gasteiger charge is -2.11. The number of carbonyl (C=O) groups is 1. The molecule has 0 aromatic heterocycles. The van der Waals surface area contributed by atoms with Gasteiger partial charge < -0.3 is 10.4 Å². The van der Waals surface area contributed by atoms with Crippen LogP contribution in [0.3, 0.4) is 0 Å². The highest BCUT2D eigenvalue weighted by Gasteiger charge is 2.08.